The zero-order valence-corrected chi connectivity index (χ0v) is 41.0. The number of hydrogen-bond donors (Lipinski definition) is 0. The Morgan fingerprint density at radius 2 is 0.931 bits per heavy atom. The van der Waals surface area contributed by atoms with Crippen molar-refractivity contribution < 1.29 is 76.1 Å². The molecule has 2 aliphatic heterocycles. The molecule has 0 saturated carbocycles. The normalized spacial score (nSPS) is 16.4. The van der Waals surface area contributed by atoms with Crippen molar-refractivity contribution in [2.45, 2.75) is 102 Å². The second-order valence-corrected chi connectivity index (χ2v) is 16.6. The molecule has 0 N–H and O–H groups in total. The lowest BCUT2D eigenvalue weighted by atomic mass is 10.1. The van der Waals surface area contributed by atoms with E-state index in [-0.39, 0.29) is 48.7 Å². The van der Waals surface area contributed by atoms with E-state index < -0.39 is 60.2 Å². The van der Waals surface area contributed by atoms with Crippen LogP contribution in [0.5, 0.6) is 23.0 Å². The van der Waals surface area contributed by atoms with Crippen LogP contribution in [-0.2, 0) is 60.4 Å². The Kier molecular flexibility index (Phi) is 23.7. The number of carbonyl (C=O) groups excluding carboxylic acids is 6. The average molecular weight is 993 g/mol. The maximum Gasteiger partial charge on any atom is 0.338 e. The zero-order valence-electron chi connectivity index (χ0n) is 41.0. The molecule has 72 heavy (non-hydrogen) atoms. The minimum Gasteiger partial charge on any atom is -0.494 e. The second-order valence-electron chi connectivity index (χ2n) is 16.6. The quantitative estimate of drug-likeness (QED) is 0.0180. The molecule has 0 amide bonds. The lowest BCUT2D eigenvalue weighted by molar-refractivity contribution is -0.138. The van der Waals surface area contributed by atoms with E-state index in [1.807, 2.05) is 24.3 Å². The van der Waals surface area contributed by atoms with E-state index in [2.05, 4.69) is 27.0 Å². The van der Waals surface area contributed by atoms with Gasteiger partial charge in [0.2, 0.25) is 0 Å². The van der Waals surface area contributed by atoms with Gasteiger partial charge in [0.15, 0.2) is 12.2 Å². The van der Waals surface area contributed by atoms with Crippen molar-refractivity contribution in [1.82, 2.24) is 0 Å². The predicted octanol–water partition coefficient (Wildman–Crippen LogP) is 8.89. The van der Waals surface area contributed by atoms with Gasteiger partial charge in [0.25, 0.3) is 0 Å². The van der Waals surface area contributed by atoms with Crippen LogP contribution in [0.4, 0.5) is 0 Å². The van der Waals surface area contributed by atoms with Gasteiger partial charge < -0.3 is 47.4 Å². The van der Waals surface area contributed by atoms with Gasteiger partial charge in [-0.25, -0.2) is 19.2 Å². The SMILES string of the molecule is C=CC(=O)OCCCCCCOc1ccc(CCC(=O)Oc2ccc(C(=O)O[C@@H]3COC4C3OC[C@H]4OC(=O)c3ccc(OC(=O)CCc4ccc(OC(=O)C=C)cc4)cc3)cc2)cc1.CCCOCCC. The standard InChI is InChI=1S/C50H50O15.C6H14O/c1-3-43(51)58-30-8-6-5-7-29-57-37-19-9-33(10-20-37)13-27-45(53)62-39-23-15-35(16-24-39)49(55)64-41-31-59-48-42(32-60-47(41)48)65-50(56)36-17-25-40(26-18-36)63-46(54)28-14-34-11-21-38(22-12-34)61-44(52)4-2;1-3-5-7-6-4-2/h3-4,9-12,15-26,41-42,47-48H,1-2,5-8,13-14,27-32H2;3-6H2,1-2H3/t41-,42-,47?,48?;/m1./s1. The van der Waals surface area contributed by atoms with Crippen LogP contribution in [0.15, 0.2) is 122 Å². The summed E-state index contributed by atoms with van der Waals surface area (Å²) in [4.78, 5) is 73.5. The Hall–Kier alpha value is -7.14. The first-order valence-corrected chi connectivity index (χ1v) is 24.3. The van der Waals surface area contributed by atoms with Crippen LogP contribution in [0.2, 0.25) is 0 Å². The Balaban J connectivity index is 0.00000128. The van der Waals surface area contributed by atoms with Crippen LogP contribution < -0.4 is 18.9 Å². The van der Waals surface area contributed by atoms with Gasteiger partial charge in [-0.05, 0) is 135 Å². The molecule has 2 saturated heterocycles. The monoisotopic (exact) mass is 992 g/mol. The molecule has 6 rings (SSSR count). The fraction of sp³-hybridized carbons (Fsp3) is 0.393. The Morgan fingerprint density at radius 1 is 0.514 bits per heavy atom. The van der Waals surface area contributed by atoms with Gasteiger partial charge in [0.1, 0.15) is 35.2 Å². The number of esters is 6. The summed E-state index contributed by atoms with van der Waals surface area (Å²) < 4.78 is 54.9. The molecule has 16 heteroatoms. The molecule has 4 atom stereocenters. The number of carbonyl (C=O) groups is 6. The highest BCUT2D eigenvalue weighted by Crippen LogP contribution is 2.32. The van der Waals surface area contributed by atoms with Crippen molar-refractivity contribution in [2.24, 2.45) is 0 Å². The third-order valence-electron chi connectivity index (χ3n) is 11.0. The van der Waals surface area contributed by atoms with E-state index in [0.717, 1.165) is 80.8 Å². The molecule has 4 aromatic rings. The third kappa shape index (κ3) is 19.2. The largest absolute Gasteiger partial charge is 0.494 e. The maximum atomic E-state index is 13.0. The summed E-state index contributed by atoms with van der Waals surface area (Å²) >= 11 is 0. The van der Waals surface area contributed by atoms with Gasteiger partial charge in [-0.1, -0.05) is 51.3 Å². The fourth-order valence-corrected chi connectivity index (χ4v) is 7.22. The number of rotatable bonds is 27. The van der Waals surface area contributed by atoms with Crippen LogP contribution >= 0.6 is 0 Å². The molecule has 2 unspecified atom stereocenters. The molecule has 16 nitrogen and oxygen atoms in total. The average Bonchev–Trinajstić information content (AvgIpc) is 3.99. The van der Waals surface area contributed by atoms with Gasteiger partial charge in [0.05, 0.1) is 37.6 Å². The van der Waals surface area contributed by atoms with Gasteiger partial charge in [-0.3, -0.25) is 9.59 Å². The van der Waals surface area contributed by atoms with Crippen LogP contribution in [0.3, 0.4) is 0 Å². The number of hydrogen-bond acceptors (Lipinski definition) is 16. The van der Waals surface area contributed by atoms with E-state index in [9.17, 15) is 28.8 Å². The molecule has 0 spiro atoms. The second kappa shape index (κ2) is 30.6. The molecule has 0 bridgehead atoms. The summed E-state index contributed by atoms with van der Waals surface area (Å²) in [5.41, 5.74) is 2.26. The molecule has 2 aliphatic rings. The number of benzene rings is 4. The van der Waals surface area contributed by atoms with Gasteiger partial charge >= 0.3 is 35.8 Å². The maximum absolute atomic E-state index is 13.0. The van der Waals surface area contributed by atoms with Crippen molar-refractivity contribution in [2.75, 3.05) is 39.6 Å². The van der Waals surface area contributed by atoms with E-state index in [1.54, 1.807) is 24.3 Å². The molecular formula is C56H64O16. The highest BCUT2D eigenvalue weighted by atomic mass is 16.7. The predicted molar refractivity (Wildman–Crippen MR) is 264 cm³/mol. The first-order valence-electron chi connectivity index (χ1n) is 24.3. The Labute approximate surface area is 420 Å². The van der Waals surface area contributed by atoms with Crippen molar-refractivity contribution in [3.8, 4) is 23.0 Å². The summed E-state index contributed by atoms with van der Waals surface area (Å²) in [5.74, 6) is -1.48. The first-order chi connectivity index (χ1) is 35.0. The summed E-state index contributed by atoms with van der Waals surface area (Å²) in [6, 6.07) is 26.2. The highest BCUT2D eigenvalue weighted by molar-refractivity contribution is 5.90. The van der Waals surface area contributed by atoms with Crippen molar-refractivity contribution in [3.63, 3.8) is 0 Å². The minimum atomic E-state index is -0.750. The van der Waals surface area contributed by atoms with Crippen LogP contribution in [0.1, 0.15) is 97.1 Å². The zero-order chi connectivity index (χ0) is 51.5. The lowest BCUT2D eigenvalue weighted by Crippen LogP contribution is -2.36. The highest BCUT2D eigenvalue weighted by Gasteiger charge is 2.51. The first kappa shape index (κ1) is 55.8. The van der Waals surface area contributed by atoms with E-state index in [0.29, 0.717) is 31.8 Å². The Morgan fingerprint density at radius 3 is 1.38 bits per heavy atom. The molecular weight excluding hydrogens is 929 g/mol. The Bertz CT molecular complexity index is 2360. The van der Waals surface area contributed by atoms with Gasteiger partial charge in [-0.15, -0.1) is 0 Å². The van der Waals surface area contributed by atoms with E-state index >= 15 is 0 Å². The number of unbranched alkanes of at least 4 members (excludes halogenated alkanes) is 3. The van der Waals surface area contributed by atoms with Crippen molar-refractivity contribution in [1.29, 1.82) is 0 Å². The fourth-order valence-electron chi connectivity index (χ4n) is 7.22. The molecule has 384 valence electrons. The number of ether oxygens (including phenoxy) is 10. The number of aryl methyl sites for hydroxylation is 2. The van der Waals surface area contributed by atoms with E-state index in [1.165, 1.54) is 48.5 Å². The molecule has 0 aromatic heterocycles. The summed E-state index contributed by atoms with van der Waals surface area (Å²) in [7, 11) is 0. The molecule has 4 aromatic carbocycles. The summed E-state index contributed by atoms with van der Waals surface area (Å²) in [5, 5.41) is 0. The molecule has 2 fully saturated rings. The smallest absolute Gasteiger partial charge is 0.338 e. The minimum absolute atomic E-state index is 0.0363. The molecule has 0 radical (unpaired) electrons. The molecule has 0 aliphatic carbocycles. The van der Waals surface area contributed by atoms with Crippen LogP contribution in [-0.4, -0.2) is 99.9 Å². The summed E-state index contributed by atoms with van der Waals surface area (Å²) in [6.45, 7) is 13.9. The van der Waals surface area contributed by atoms with E-state index in [4.69, 9.17) is 47.4 Å². The van der Waals surface area contributed by atoms with Crippen molar-refractivity contribution in [3.05, 3.63) is 145 Å². The summed E-state index contributed by atoms with van der Waals surface area (Å²) in [6.07, 6.45) is 6.38. The van der Waals surface area contributed by atoms with Crippen molar-refractivity contribution >= 4 is 35.8 Å². The lowest BCUT2D eigenvalue weighted by Gasteiger charge is -2.17. The van der Waals surface area contributed by atoms with Crippen LogP contribution in [0.25, 0.3) is 0 Å². The molecule has 2 heterocycles. The van der Waals surface area contributed by atoms with Crippen LogP contribution in [0, 0.1) is 0 Å². The van der Waals surface area contributed by atoms with Gasteiger partial charge in [0, 0.05) is 38.2 Å². The topological polar surface area (TPSA) is 195 Å². The third-order valence-corrected chi connectivity index (χ3v) is 11.0. The van der Waals surface area contributed by atoms with Gasteiger partial charge in [-0.2, -0.15) is 0 Å². The number of fused-ring (bicyclic) bond motifs is 1.